The van der Waals surface area contributed by atoms with Crippen LogP contribution in [-0.4, -0.2) is 93.7 Å². The smallest absolute Gasteiger partial charge is 0.493 e. The summed E-state index contributed by atoms with van der Waals surface area (Å²) in [5, 5.41) is 0. The van der Waals surface area contributed by atoms with Crippen molar-refractivity contribution in [3.05, 3.63) is 64.0 Å². The maximum Gasteiger partial charge on any atom is 0.567 e. The van der Waals surface area contributed by atoms with E-state index in [-0.39, 0.29) is 42.4 Å². The van der Waals surface area contributed by atoms with Gasteiger partial charge in [-0.25, -0.2) is 4.79 Å². The van der Waals surface area contributed by atoms with Gasteiger partial charge in [-0.05, 0) is 38.8 Å². The summed E-state index contributed by atoms with van der Waals surface area (Å²) in [4.78, 5) is 70.8. The van der Waals surface area contributed by atoms with E-state index < -0.39 is 72.6 Å². The van der Waals surface area contributed by atoms with Crippen LogP contribution in [0.15, 0.2) is 53.6 Å². The van der Waals surface area contributed by atoms with Crippen LogP contribution in [0.5, 0.6) is 0 Å². The van der Waals surface area contributed by atoms with Gasteiger partial charge in [0.2, 0.25) is 24.2 Å². The highest BCUT2D eigenvalue weighted by atomic mass is 16.7. The van der Waals surface area contributed by atoms with E-state index in [1.54, 1.807) is 47.7 Å². The van der Waals surface area contributed by atoms with Crippen molar-refractivity contribution in [2.24, 2.45) is 17.3 Å². The van der Waals surface area contributed by atoms with Crippen LogP contribution in [0.25, 0.3) is 4.85 Å². The van der Waals surface area contributed by atoms with Gasteiger partial charge in [-0.3, -0.25) is 14.4 Å². The van der Waals surface area contributed by atoms with Crippen molar-refractivity contribution in [3.63, 3.8) is 0 Å². The summed E-state index contributed by atoms with van der Waals surface area (Å²) in [5.41, 5.74) is -0.502. The van der Waals surface area contributed by atoms with Gasteiger partial charge in [0.25, 0.3) is 0 Å². The summed E-state index contributed by atoms with van der Waals surface area (Å²) in [6.45, 7) is 7.30. The molecular weight excluding hydrogens is 640 g/mol. The minimum Gasteiger partial charge on any atom is -0.493 e. The summed E-state index contributed by atoms with van der Waals surface area (Å²) in [6, 6.07) is 11.8. The fraction of sp³-hybridized carbons (Fsp3) is 0.543. The van der Waals surface area contributed by atoms with Crippen LogP contribution in [0.4, 0.5) is 0 Å². The molecule has 264 valence electrons. The summed E-state index contributed by atoms with van der Waals surface area (Å²) in [6.07, 6.45) is -0.399. The Kier molecular flexibility index (Phi) is 12.1. The molecule has 0 bridgehead atoms. The molecule has 49 heavy (non-hydrogen) atoms. The molecule has 1 saturated heterocycles. The molecule has 0 aromatic heterocycles. The van der Waals surface area contributed by atoms with E-state index in [1.165, 1.54) is 12.0 Å². The topological polar surface area (TPSA) is 158 Å². The van der Waals surface area contributed by atoms with Gasteiger partial charge in [0.15, 0.2) is 11.9 Å². The Balaban J connectivity index is 1.58. The van der Waals surface area contributed by atoms with Crippen molar-refractivity contribution in [1.29, 1.82) is 0 Å². The molecule has 0 N–H and O–H groups in total. The maximum atomic E-state index is 13.8. The molecule has 14 heteroatoms. The van der Waals surface area contributed by atoms with E-state index >= 15 is 0 Å². The first-order valence-electron chi connectivity index (χ1n) is 16.0. The van der Waals surface area contributed by atoms with Crippen LogP contribution in [0, 0.1) is 23.3 Å². The fourth-order valence-corrected chi connectivity index (χ4v) is 5.58. The van der Waals surface area contributed by atoms with Crippen LogP contribution in [-0.2, 0) is 57.1 Å². The van der Waals surface area contributed by atoms with Crippen LogP contribution in [0.2, 0.25) is 0 Å². The average molecular weight is 684 g/mol. The van der Waals surface area contributed by atoms with Crippen molar-refractivity contribution >= 4 is 29.8 Å². The number of methoxy groups -OCH3 is 1. The Hall–Kier alpha value is -4.90. The molecule has 3 aliphatic rings. The number of ether oxygens (including phenoxy) is 7. The lowest BCUT2D eigenvalue weighted by Gasteiger charge is -2.30. The zero-order valence-corrected chi connectivity index (χ0v) is 28.8. The molecule has 1 spiro atoms. The number of carbonyl (C=O) groups excluding carboxylic acids is 5. The molecule has 2 aliphatic heterocycles. The second-order valence-electron chi connectivity index (χ2n) is 12.5. The van der Waals surface area contributed by atoms with Crippen molar-refractivity contribution in [1.82, 2.24) is 4.90 Å². The largest absolute Gasteiger partial charge is 0.567 e. The molecule has 5 atom stereocenters. The van der Waals surface area contributed by atoms with Gasteiger partial charge in [0.1, 0.15) is 24.7 Å². The number of nitrogens with zero attached hydrogens (tertiary/aromatic N) is 2. The molecule has 1 aromatic carbocycles. The lowest BCUT2D eigenvalue weighted by atomic mass is 9.89. The first-order valence-corrected chi connectivity index (χ1v) is 16.0. The van der Waals surface area contributed by atoms with Gasteiger partial charge in [-0.15, -0.1) is 0 Å². The van der Waals surface area contributed by atoms with Gasteiger partial charge in [0.05, 0.1) is 19.1 Å². The molecule has 4 rings (SSSR count). The molecular formula is C35H43N2O12+. The molecule has 14 nitrogen and oxygen atoms in total. The highest BCUT2D eigenvalue weighted by Gasteiger charge is 2.70. The standard InChI is InChI=1S/C35H43N2O12/c1-20(2)32(40)49-30-22(5)48-33(41)24(17-45-34(42)35(30)15-25(35)23-11-9-8-10-12-23)16-36-31(39)28-29(26(43-7)13-14-37(28)6)47-19-46-27(38)18-44-21(3)4/h8-13,20-22,24-25,30H,14-15,17-19H2,1-7H3/q+1/t22-,24?,25+,30?,35-/m0/s1. The highest BCUT2D eigenvalue weighted by Crippen LogP contribution is 2.64. The molecule has 0 radical (unpaired) electrons. The van der Waals surface area contributed by atoms with Crippen molar-refractivity contribution in [3.8, 4) is 6.07 Å². The van der Waals surface area contributed by atoms with Crippen LogP contribution in [0.1, 0.15) is 52.5 Å². The van der Waals surface area contributed by atoms with Gasteiger partial charge in [0, 0.05) is 24.4 Å². The third-order valence-electron chi connectivity index (χ3n) is 8.28. The minimum atomic E-state index is -1.39. The minimum absolute atomic E-state index is 0.0566. The van der Waals surface area contributed by atoms with E-state index in [4.69, 9.17) is 33.2 Å². The first-order chi connectivity index (χ1) is 23.3. The van der Waals surface area contributed by atoms with Crippen LogP contribution >= 0.6 is 0 Å². The number of amides is 1. The zero-order valence-electron chi connectivity index (χ0n) is 28.8. The third kappa shape index (κ3) is 8.58. The van der Waals surface area contributed by atoms with E-state index in [0.717, 1.165) is 5.56 Å². The molecule has 1 aliphatic carbocycles. The second kappa shape index (κ2) is 16.0. The Labute approximate surface area is 285 Å². The molecule has 2 fully saturated rings. The van der Waals surface area contributed by atoms with Crippen molar-refractivity contribution < 1.29 is 57.1 Å². The predicted octanol–water partition coefficient (Wildman–Crippen LogP) is 3.32. The SMILES string of the molecule is COC1=CCN(C)C(C(=O)[N+]#CC2COC(=O)[C@]3(C[C@@H]3c3ccccc3)C(OC(=O)C(C)C)[C@H](C)OC2=O)=C1OCOC(=O)COC(C)C. The maximum absolute atomic E-state index is 13.8. The number of esters is 4. The predicted molar refractivity (Wildman–Crippen MR) is 171 cm³/mol. The summed E-state index contributed by atoms with van der Waals surface area (Å²) >= 11 is 0. The lowest BCUT2D eigenvalue weighted by Crippen LogP contribution is -2.45. The molecule has 2 heterocycles. The monoisotopic (exact) mass is 683 g/mol. The van der Waals surface area contributed by atoms with Crippen LogP contribution < -0.4 is 0 Å². The quantitative estimate of drug-likeness (QED) is 0.190. The highest BCUT2D eigenvalue weighted by molar-refractivity contribution is 6.02. The average Bonchev–Trinajstić information content (AvgIpc) is 3.82. The first kappa shape index (κ1) is 36.9. The van der Waals surface area contributed by atoms with E-state index in [2.05, 4.69) is 10.9 Å². The number of rotatable bonds is 11. The number of likely N-dealkylation sites (N-methyl/N-ethyl adjacent to an activating group) is 1. The van der Waals surface area contributed by atoms with Crippen molar-refractivity contribution in [2.45, 2.75) is 65.3 Å². The number of benzene rings is 1. The molecule has 2 unspecified atom stereocenters. The molecule has 1 saturated carbocycles. The summed E-state index contributed by atoms with van der Waals surface area (Å²) < 4.78 is 38.5. The summed E-state index contributed by atoms with van der Waals surface area (Å²) in [5.74, 6) is -5.75. The number of cyclic esters (lactones) is 2. The number of carbonyl (C=O) groups is 5. The van der Waals surface area contributed by atoms with Gasteiger partial charge >= 0.3 is 35.9 Å². The van der Waals surface area contributed by atoms with Crippen molar-refractivity contribution in [2.75, 3.05) is 40.7 Å². The Morgan fingerprint density at radius 3 is 2.49 bits per heavy atom. The van der Waals surface area contributed by atoms with Gasteiger partial charge in [-0.2, -0.15) is 4.79 Å². The zero-order chi connectivity index (χ0) is 35.9. The third-order valence-corrected chi connectivity index (χ3v) is 8.28. The van der Waals surface area contributed by atoms with Crippen LogP contribution in [0.3, 0.4) is 0 Å². The number of hydrogen-bond donors (Lipinski definition) is 0. The van der Waals surface area contributed by atoms with E-state index in [9.17, 15) is 24.0 Å². The Morgan fingerprint density at radius 1 is 1.12 bits per heavy atom. The summed E-state index contributed by atoms with van der Waals surface area (Å²) in [7, 11) is 2.98. The van der Waals surface area contributed by atoms with E-state index in [0.29, 0.717) is 6.42 Å². The Morgan fingerprint density at radius 2 is 1.84 bits per heavy atom. The lowest BCUT2D eigenvalue weighted by molar-refractivity contribution is -0.179. The van der Waals surface area contributed by atoms with Gasteiger partial charge in [-0.1, -0.05) is 44.2 Å². The molecule has 1 amide bonds. The van der Waals surface area contributed by atoms with E-state index in [1.807, 2.05) is 30.3 Å². The Bertz CT molecular complexity index is 1560. The molecule has 1 aromatic rings. The second-order valence-corrected chi connectivity index (χ2v) is 12.5. The van der Waals surface area contributed by atoms with Gasteiger partial charge < -0.3 is 38.1 Å². The normalized spacial score (nSPS) is 25.2. The number of hydrogen-bond acceptors (Lipinski definition) is 13. The fourth-order valence-electron chi connectivity index (χ4n) is 5.58.